The van der Waals surface area contributed by atoms with Crippen LogP contribution in [0.2, 0.25) is 0 Å². The number of nitrogens with zero attached hydrogens (tertiary/aromatic N) is 1. The number of rotatable bonds is 6. The average molecular weight is 326 g/mol. The first kappa shape index (κ1) is 14.0. The summed E-state index contributed by atoms with van der Waals surface area (Å²) in [6.45, 7) is 0.477. The first-order valence-electron chi connectivity index (χ1n) is 6.35. The molecule has 0 radical (unpaired) electrons. The van der Waals surface area contributed by atoms with Gasteiger partial charge in [0.1, 0.15) is 10.3 Å². The summed E-state index contributed by atoms with van der Waals surface area (Å²) in [5.41, 5.74) is 0.372. The molecule has 2 amide bonds. The van der Waals surface area contributed by atoms with Crippen molar-refractivity contribution in [1.82, 2.24) is 15.6 Å². The van der Waals surface area contributed by atoms with Gasteiger partial charge >= 0.3 is 0 Å². The Morgan fingerprint density at radius 3 is 2.84 bits per heavy atom. The summed E-state index contributed by atoms with van der Waals surface area (Å²) in [4.78, 5) is 27.2. The van der Waals surface area contributed by atoms with Crippen molar-refractivity contribution in [3.05, 3.63) is 28.5 Å². The van der Waals surface area contributed by atoms with Gasteiger partial charge in [-0.15, -0.1) is 0 Å². The van der Waals surface area contributed by atoms with E-state index in [-0.39, 0.29) is 11.8 Å². The topological polar surface area (TPSA) is 71.1 Å². The predicted molar refractivity (Wildman–Crippen MR) is 74.7 cm³/mol. The second-order valence-corrected chi connectivity index (χ2v) is 5.36. The minimum atomic E-state index is -0.219. The lowest BCUT2D eigenvalue weighted by Crippen LogP contribution is -2.28. The minimum Gasteiger partial charge on any atom is -0.353 e. The molecule has 2 rings (SSSR count). The van der Waals surface area contributed by atoms with E-state index in [4.69, 9.17) is 0 Å². The fraction of sp³-hybridized carbons (Fsp3) is 0.462. The molecule has 0 aromatic carbocycles. The predicted octanol–water partition coefficient (Wildman–Crippen LogP) is 1.63. The smallest absolute Gasteiger partial charge is 0.269 e. The van der Waals surface area contributed by atoms with Gasteiger partial charge in [-0.05, 0) is 47.3 Å². The normalized spacial score (nSPS) is 13.9. The van der Waals surface area contributed by atoms with Gasteiger partial charge in [-0.2, -0.15) is 0 Å². The molecule has 1 aliphatic carbocycles. The summed E-state index contributed by atoms with van der Waals surface area (Å²) in [6, 6.07) is 5.57. The van der Waals surface area contributed by atoms with Crippen LogP contribution in [0.1, 0.15) is 36.2 Å². The Morgan fingerprint density at radius 2 is 2.16 bits per heavy atom. The maximum Gasteiger partial charge on any atom is 0.269 e. The van der Waals surface area contributed by atoms with Gasteiger partial charge in [-0.3, -0.25) is 9.59 Å². The number of pyridine rings is 1. The summed E-state index contributed by atoms with van der Waals surface area (Å²) in [6.07, 6.45) is 3.27. The Bertz CT molecular complexity index is 475. The van der Waals surface area contributed by atoms with Crippen LogP contribution >= 0.6 is 15.9 Å². The van der Waals surface area contributed by atoms with E-state index in [0.29, 0.717) is 35.7 Å². The van der Waals surface area contributed by atoms with Gasteiger partial charge in [-0.25, -0.2) is 4.98 Å². The Balaban J connectivity index is 1.64. The second-order valence-electron chi connectivity index (χ2n) is 4.55. The molecule has 0 bridgehead atoms. The third-order valence-corrected chi connectivity index (χ3v) is 3.20. The Labute approximate surface area is 120 Å². The molecule has 1 saturated carbocycles. The molecule has 5 nitrogen and oxygen atoms in total. The zero-order chi connectivity index (χ0) is 13.7. The van der Waals surface area contributed by atoms with Gasteiger partial charge in [0, 0.05) is 19.0 Å². The molecule has 19 heavy (non-hydrogen) atoms. The Hall–Kier alpha value is -1.43. The van der Waals surface area contributed by atoms with Gasteiger partial charge in [0.25, 0.3) is 5.91 Å². The number of amides is 2. The van der Waals surface area contributed by atoms with E-state index >= 15 is 0 Å². The van der Waals surface area contributed by atoms with Crippen molar-refractivity contribution in [2.75, 3.05) is 6.54 Å². The number of hydrogen-bond donors (Lipinski definition) is 2. The SMILES string of the molecule is O=C(CCCNC(=O)c1cccc(Br)n1)NC1CC1. The maximum atomic E-state index is 11.7. The zero-order valence-corrected chi connectivity index (χ0v) is 12.1. The first-order valence-corrected chi connectivity index (χ1v) is 7.14. The highest BCUT2D eigenvalue weighted by Gasteiger charge is 2.22. The summed E-state index contributed by atoms with van der Waals surface area (Å²) in [5, 5.41) is 5.66. The third kappa shape index (κ3) is 4.98. The van der Waals surface area contributed by atoms with Gasteiger partial charge in [0.05, 0.1) is 0 Å². The molecule has 0 aliphatic heterocycles. The van der Waals surface area contributed by atoms with E-state index in [2.05, 4.69) is 31.5 Å². The summed E-state index contributed by atoms with van der Waals surface area (Å²) in [7, 11) is 0. The van der Waals surface area contributed by atoms with Crippen LogP contribution in [0.5, 0.6) is 0 Å². The van der Waals surface area contributed by atoms with Crippen molar-refractivity contribution in [3.63, 3.8) is 0 Å². The number of aromatic nitrogens is 1. The molecule has 1 fully saturated rings. The number of halogens is 1. The van der Waals surface area contributed by atoms with Crippen LogP contribution in [-0.4, -0.2) is 29.4 Å². The standard InChI is InChI=1S/C13H16BrN3O2/c14-11-4-1-3-10(17-11)13(19)15-8-2-5-12(18)16-9-6-7-9/h1,3-4,9H,2,5-8H2,(H,15,19)(H,16,18). The van der Waals surface area contributed by atoms with E-state index in [1.165, 1.54) is 0 Å². The molecule has 0 unspecified atom stereocenters. The highest BCUT2D eigenvalue weighted by atomic mass is 79.9. The molecule has 1 aromatic rings. The lowest BCUT2D eigenvalue weighted by molar-refractivity contribution is -0.121. The third-order valence-electron chi connectivity index (χ3n) is 2.76. The zero-order valence-electron chi connectivity index (χ0n) is 10.5. The first-order chi connectivity index (χ1) is 9.15. The van der Waals surface area contributed by atoms with Crippen LogP contribution in [0.15, 0.2) is 22.8 Å². The molecule has 0 atom stereocenters. The fourth-order valence-corrected chi connectivity index (χ4v) is 1.95. The summed E-state index contributed by atoms with van der Waals surface area (Å²) < 4.78 is 0.629. The largest absolute Gasteiger partial charge is 0.353 e. The lowest BCUT2D eigenvalue weighted by Gasteiger charge is -2.05. The fourth-order valence-electron chi connectivity index (χ4n) is 1.60. The number of nitrogens with one attached hydrogen (secondary N) is 2. The second kappa shape index (κ2) is 6.65. The van der Waals surface area contributed by atoms with Crippen LogP contribution in [-0.2, 0) is 4.79 Å². The minimum absolute atomic E-state index is 0.0670. The summed E-state index contributed by atoms with van der Waals surface area (Å²) >= 11 is 3.22. The molecular weight excluding hydrogens is 310 g/mol. The monoisotopic (exact) mass is 325 g/mol. The quantitative estimate of drug-likeness (QED) is 0.617. The van der Waals surface area contributed by atoms with Crippen LogP contribution in [0.25, 0.3) is 0 Å². The summed E-state index contributed by atoms with van der Waals surface area (Å²) in [5.74, 6) is -0.152. The van der Waals surface area contributed by atoms with E-state index in [1.807, 2.05) is 0 Å². The van der Waals surface area contributed by atoms with Crippen LogP contribution in [0.3, 0.4) is 0 Å². The van der Waals surface area contributed by atoms with E-state index in [0.717, 1.165) is 12.8 Å². The van der Waals surface area contributed by atoms with Gasteiger partial charge < -0.3 is 10.6 Å². The molecule has 1 heterocycles. The lowest BCUT2D eigenvalue weighted by atomic mass is 10.2. The maximum absolute atomic E-state index is 11.7. The van der Waals surface area contributed by atoms with Crippen molar-refractivity contribution < 1.29 is 9.59 Å². The van der Waals surface area contributed by atoms with Crippen LogP contribution < -0.4 is 10.6 Å². The van der Waals surface area contributed by atoms with Crippen molar-refractivity contribution in [2.45, 2.75) is 31.7 Å². The molecular formula is C13H16BrN3O2. The Morgan fingerprint density at radius 1 is 1.37 bits per heavy atom. The highest BCUT2D eigenvalue weighted by molar-refractivity contribution is 9.10. The van der Waals surface area contributed by atoms with Crippen molar-refractivity contribution >= 4 is 27.7 Å². The van der Waals surface area contributed by atoms with Gasteiger partial charge in [-0.1, -0.05) is 6.07 Å². The highest BCUT2D eigenvalue weighted by Crippen LogP contribution is 2.18. The number of hydrogen-bond acceptors (Lipinski definition) is 3. The van der Waals surface area contributed by atoms with Crippen LogP contribution in [0, 0.1) is 0 Å². The number of carbonyl (C=O) groups excluding carboxylic acids is 2. The molecule has 0 saturated heterocycles. The van der Waals surface area contributed by atoms with Gasteiger partial charge in [0.15, 0.2) is 0 Å². The van der Waals surface area contributed by atoms with Gasteiger partial charge in [0.2, 0.25) is 5.91 Å². The molecule has 6 heteroatoms. The average Bonchev–Trinajstić information content (AvgIpc) is 3.18. The van der Waals surface area contributed by atoms with Crippen LogP contribution in [0.4, 0.5) is 0 Å². The van der Waals surface area contributed by atoms with Crippen molar-refractivity contribution in [1.29, 1.82) is 0 Å². The van der Waals surface area contributed by atoms with Crippen molar-refractivity contribution in [3.8, 4) is 0 Å². The van der Waals surface area contributed by atoms with E-state index < -0.39 is 0 Å². The number of carbonyl (C=O) groups is 2. The molecule has 1 aromatic heterocycles. The van der Waals surface area contributed by atoms with E-state index in [1.54, 1.807) is 18.2 Å². The Kier molecular flexibility index (Phi) is 4.90. The van der Waals surface area contributed by atoms with Crippen molar-refractivity contribution in [2.24, 2.45) is 0 Å². The molecule has 1 aliphatic rings. The molecule has 2 N–H and O–H groups in total. The van der Waals surface area contributed by atoms with E-state index in [9.17, 15) is 9.59 Å². The molecule has 102 valence electrons. The molecule has 0 spiro atoms.